The molecule has 1 aliphatic rings. The number of nitrogens with one attached hydrogen (secondary N) is 1. The van der Waals surface area contributed by atoms with Gasteiger partial charge >= 0.3 is 0 Å². The molecule has 6 nitrogen and oxygen atoms in total. The Morgan fingerprint density at radius 1 is 1.21 bits per heavy atom. The van der Waals surface area contributed by atoms with Crippen LogP contribution in [0.4, 0.5) is 5.69 Å². The summed E-state index contributed by atoms with van der Waals surface area (Å²) < 4.78 is 32.6. The number of rotatable bonds is 4. The van der Waals surface area contributed by atoms with Crippen LogP contribution in [0.5, 0.6) is 0 Å². The molecule has 1 aromatic heterocycles. The summed E-state index contributed by atoms with van der Waals surface area (Å²) in [7, 11) is -3.85. The number of amides is 1. The molecule has 0 radical (unpaired) electrons. The molecule has 2 heterocycles. The lowest BCUT2D eigenvalue weighted by Crippen LogP contribution is -2.43. The molecule has 0 bridgehead atoms. The standard InChI is InChI=1S/C19H17Cl2N3O3S2/c20-14-3-5-16(21)18(9-14)29(26,27)24-7-1-2-12(11-24)19(25)23-15-4-6-17-13(8-15)10-22-28-17/h3-6,8-10,12H,1-2,7,11H2,(H,23,25). The molecule has 2 aromatic carbocycles. The van der Waals surface area contributed by atoms with Gasteiger partial charge in [-0.1, -0.05) is 23.2 Å². The van der Waals surface area contributed by atoms with Crippen molar-refractivity contribution in [3.8, 4) is 0 Å². The monoisotopic (exact) mass is 469 g/mol. The molecule has 29 heavy (non-hydrogen) atoms. The van der Waals surface area contributed by atoms with Crippen molar-refractivity contribution in [2.24, 2.45) is 5.92 Å². The molecule has 1 saturated heterocycles. The Hall–Kier alpha value is -1.71. The number of hydrogen-bond acceptors (Lipinski definition) is 5. The third-order valence-electron chi connectivity index (χ3n) is 4.89. The first kappa shape index (κ1) is 20.6. The van der Waals surface area contributed by atoms with Gasteiger partial charge in [0.05, 0.1) is 15.6 Å². The molecule has 1 fully saturated rings. The van der Waals surface area contributed by atoms with Crippen LogP contribution in [-0.2, 0) is 14.8 Å². The van der Waals surface area contributed by atoms with E-state index in [9.17, 15) is 13.2 Å². The Kier molecular flexibility index (Phi) is 5.81. The van der Waals surface area contributed by atoms with Crippen LogP contribution < -0.4 is 5.32 Å². The van der Waals surface area contributed by atoms with Crippen LogP contribution in [0.25, 0.3) is 10.1 Å². The fourth-order valence-corrected chi connectivity index (χ4v) is 6.27. The highest BCUT2D eigenvalue weighted by Crippen LogP contribution is 2.31. The zero-order valence-electron chi connectivity index (χ0n) is 15.1. The first-order valence-corrected chi connectivity index (χ1v) is 11.9. The summed E-state index contributed by atoms with van der Waals surface area (Å²) in [6.45, 7) is 0.431. The van der Waals surface area contributed by atoms with Crippen LogP contribution in [-0.4, -0.2) is 36.1 Å². The number of hydrogen-bond donors (Lipinski definition) is 1. The minimum absolute atomic E-state index is 0.0388. The number of carbonyl (C=O) groups excluding carboxylic acids is 1. The molecule has 1 unspecified atom stereocenters. The number of piperidine rings is 1. The summed E-state index contributed by atoms with van der Waals surface area (Å²) in [6, 6.07) is 9.92. The normalized spacial score (nSPS) is 18.1. The van der Waals surface area contributed by atoms with E-state index < -0.39 is 15.9 Å². The van der Waals surface area contributed by atoms with E-state index in [-0.39, 0.29) is 27.4 Å². The molecule has 1 atom stereocenters. The highest BCUT2D eigenvalue weighted by Gasteiger charge is 2.34. The molecule has 4 rings (SSSR count). The zero-order chi connectivity index (χ0) is 20.6. The van der Waals surface area contributed by atoms with Crippen LogP contribution in [0.3, 0.4) is 0 Å². The summed E-state index contributed by atoms with van der Waals surface area (Å²) in [6.07, 6.45) is 2.95. The number of fused-ring (bicyclic) bond motifs is 1. The van der Waals surface area contributed by atoms with Gasteiger partial charge in [0.2, 0.25) is 15.9 Å². The zero-order valence-corrected chi connectivity index (χ0v) is 18.3. The quantitative estimate of drug-likeness (QED) is 0.603. The minimum atomic E-state index is -3.85. The number of sulfonamides is 1. The van der Waals surface area contributed by atoms with Crippen molar-refractivity contribution in [2.75, 3.05) is 18.4 Å². The summed E-state index contributed by atoms with van der Waals surface area (Å²) in [5, 5.41) is 4.25. The van der Waals surface area contributed by atoms with Gasteiger partial charge in [-0.2, -0.15) is 8.68 Å². The molecule has 0 aliphatic carbocycles. The maximum Gasteiger partial charge on any atom is 0.244 e. The molecule has 1 N–H and O–H groups in total. The van der Waals surface area contributed by atoms with Crippen LogP contribution in [0, 0.1) is 5.92 Å². The molecule has 10 heteroatoms. The highest BCUT2D eigenvalue weighted by atomic mass is 35.5. The lowest BCUT2D eigenvalue weighted by atomic mass is 9.98. The van der Waals surface area contributed by atoms with E-state index in [1.165, 1.54) is 34.0 Å². The molecule has 1 amide bonds. The maximum atomic E-state index is 13.0. The predicted octanol–water partition coefficient (Wildman–Crippen LogP) is 4.64. The number of benzene rings is 2. The fourth-order valence-electron chi connectivity index (χ4n) is 3.38. The SMILES string of the molecule is O=C(Nc1ccc2sncc2c1)C1CCCN(S(=O)(=O)c2cc(Cl)ccc2Cl)C1. The van der Waals surface area contributed by atoms with Gasteiger partial charge in [-0.3, -0.25) is 4.79 Å². The van der Waals surface area contributed by atoms with E-state index in [1.54, 1.807) is 6.20 Å². The van der Waals surface area contributed by atoms with Crippen LogP contribution in [0.2, 0.25) is 10.0 Å². The van der Waals surface area contributed by atoms with Crippen molar-refractivity contribution in [3.63, 3.8) is 0 Å². The Bertz CT molecular complexity index is 1180. The van der Waals surface area contributed by atoms with Gasteiger partial charge in [-0.05, 0) is 60.8 Å². The average molecular weight is 470 g/mol. The summed E-state index contributed by atoms with van der Waals surface area (Å²) in [4.78, 5) is 12.7. The lowest BCUT2D eigenvalue weighted by molar-refractivity contribution is -0.120. The fraction of sp³-hybridized carbons (Fsp3) is 0.263. The number of aromatic nitrogens is 1. The largest absolute Gasteiger partial charge is 0.326 e. The van der Waals surface area contributed by atoms with Gasteiger partial charge in [-0.25, -0.2) is 8.42 Å². The van der Waals surface area contributed by atoms with E-state index in [1.807, 2.05) is 18.2 Å². The maximum absolute atomic E-state index is 13.0. The molecule has 3 aromatic rings. The topological polar surface area (TPSA) is 79.4 Å². The second kappa shape index (κ2) is 8.20. The number of halogens is 2. The minimum Gasteiger partial charge on any atom is -0.326 e. The third kappa shape index (κ3) is 4.27. The number of anilines is 1. The van der Waals surface area contributed by atoms with Gasteiger partial charge in [-0.15, -0.1) is 0 Å². The third-order valence-corrected chi connectivity index (χ3v) is 8.25. The first-order valence-electron chi connectivity index (χ1n) is 8.95. The molecule has 1 aliphatic heterocycles. The van der Waals surface area contributed by atoms with Crippen LogP contribution in [0.1, 0.15) is 12.8 Å². The lowest BCUT2D eigenvalue weighted by Gasteiger charge is -2.31. The van der Waals surface area contributed by atoms with Gasteiger partial charge in [0.25, 0.3) is 0 Å². The van der Waals surface area contributed by atoms with Gasteiger partial charge in [0, 0.05) is 35.4 Å². The average Bonchev–Trinajstić information content (AvgIpc) is 3.17. The molecule has 152 valence electrons. The van der Waals surface area contributed by atoms with Gasteiger partial charge in [0.15, 0.2) is 0 Å². The summed E-state index contributed by atoms with van der Waals surface area (Å²) in [5.41, 5.74) is 0.667. The smallest absolute Gasteiger partial charge is 0.244 e. The van der Waals surface area contributed by atoms with Gasteiger partial charge in [0.1, 0.15) is 4.90 Å². The summed E-state index contributed by atoms with van der Waals surface area (Å²) >= 11 is 13.4. The van der Waals surface area contributed by atoms with Gasteiger partial charge < -0.3 is 5.32 Å². The Labute approximate surface area is 182 Å². The molecule has 0 spiro atoms. The van der Waals surface area contributed by atoms with Crippen molar-refractivity contribution >= 4 is 66.4 Å². The second-order valence-electron chi connectivity index (χ2n) is 6.84. The van der Waals surface area contributed by atoms with E-state index >= 15 is 0 Å². The number of nitrogens with zero attached hydrogens (tertiary/aromatic N) is 2. The van der Waals surface area contributed by atoms with Crippen LogP contribution >= 0.6 is 34.7 Å². The summed E-state index contributed by atoms with van der Waals surface area (Å²) in [5.74, 6) is -0.655. The van der Waals surface area contributed by atoms with Crippen molar-refractivity contribution in [1.29, 1.82) is 0 Å². The highest BCUT2D eigenvalue weighted by molar-refractivity contribution is 7.89. The van der Waals surface area contributed by atoms with E-state index in [4.69, 9.17) is 23.2 Å². The van der Waals surface area contributed by atoms with Crippen molar-refractivity contribution < 1.29 is 13.2 Å². The van der Waals surface area contributed by atoms with Crippen molar-refractivity contribution in [3.05, 3.63) is 52.6 Å². The van der Waals surface area contributed by atoms with E-state index in [0.717, 1.165) is 10.1 Å². The van der Waals surface area contributed by atoms with Crippen molar-refractivity contribution in [1.82, 2.24) is 8.68 Å². The van der Waals surface area contributed by atoms with E-state index in [0.29, 0.717) is 25.1 Å². The number of carbonyl (C=O) groups is 1. The molecular formula is C19H17Cl2N3O3S2. The Morgan fingerprint density at radius 2 is 2.03 bits per heavy atom. The Morgan fingerprint density at radius 3 is 2.86 bits per heavy atom. The van der Waals surface area contributed by atoms with Crippen molar-refractivity contribution in [2.45, 2.75) is 17.7 Å². The predicted molar refractivity (Wildman–Crippen MR) is 116 cm³/mol. The van der Waals surface area contributed by atoms with Crippen LogP contribution in [0.15, 0.2) is 47.5 Å². The molecular weight excluding hydrogens is 453 g/mol. The molecule has 0 saturated carbocycles. The Balaban J connectivity index is 1.51. The van der Waals surface area contributed by atoms with E-state index in [2.05, 4.69) is 9.69 Å². The second-order valence-corrected chi connectivity index (χ2v) is 10.4. The first-order chi connectivity index (χ1) is 13.8.